The third-order valence-electron chi connectivity index (χ3n) is 3.51. The fraction of sp³-hybridized carbons (Fsp3) is 0.294. The van der Waals surface area contributed by atoms with Crippen LogP contribution in [0.4, 0.5) is 0 Å². The molecular weight excluding hydrogens is 392 g/mol. The van der Waals surface area contributed by atoms with Gasteiger partial charge in [-0.05, 0) is 49.4 Å². The number of nitrogens with two attached hydrogens (primary N) is 1. The first kappa shape index (κ1) is 16.7. The highest BCUT2D eigenvalue weighted by Crippen LogP contribution is 2.26. The molecule has 2 unspecified atom stereocenters. The van der Waals surface area contributed by atoms with Gasteiger partial charge in [0, 0.05) is 27.6 Å². The zero-order valence-electron chi connectivity index (χ0n) is 12.3. The number of nitrogens with zero attached hydrogens (tertiary/aromatic N) is 1. The SMILES string of the molecule is CC(N)C(c1cccc(Br)c1)N(C)Cc1ccc(Br)cc1. The van der Waals surface area contributed by atoms with E-state index < -0.39 is 0 Å². The van der Waals surface area contributed by atoms with Crippen molar-refractivity contribution >= 4 is 31.9 Å². The van der Waals surface area contributed by atoms with Gasteiger partial charge in [-0.1, -0.05) is 56.1 Å². The minimum Gasteiger partial charge on any atom is -0.326 e. The van der Waals surface area contributed by atoms with Gasteiger partial charge in [-0.2, -0.15) is 0 Å². The van der Waals surface area contributed by atoms with E-state index in [1.165, 1.54) is 11.1 Å². The Morgan fingerprint density at radius 1 is 1.05 bits per heavy atom. The van der Waals surface area contributed by atoms with E-state index in [1.54, 1.807) is 0 Å². The molecular formula is C17H20Br2N2. The molecule has 2 rings (SSSR count). The van der Waals surface area contributed by atoms with Crippen LogP contribution in [0.2, 0.25) is 0 Å². The third-order valence-corrected chi connectivity index (χ3v) is 4.53. The van der Waals surface area contributed by atoms with Crippen LogP contribution in [-0.4, -0.2) is 18.0 Å². The van der Waals surface area contributed by atoms with Gasteiger partial charge in [-0.15, -0.1) is 0 Å². The third kappa shape index (κ3) is 4.65. The van der Waals surface area contributed by atoms with Crippen molar-refractivity contribution < 1.29 is 0 Å². The fourth-order valence-electron chi connectivity index (χ4n) is 2.63. The van der Waals surface area contributed by atoms with Crippen LogP contribution in [0.5, 0.6) is 0 Å². The molecule has 112 valence electrons. The molecule has 0 radical (unpaired) electrons. The number of benzene rings is 2. The molecule has 2 atom stereocenters. The predicted molar refractivity (Wildman–Crippen MR) is 96.1 cm³/mol. The van der Waals surface area contributed by atoms with Crippen LogP contribution in [0.15, 0.2) is 57.5 Å². The van der Waals surface area contributed by atoms with Gasteiger partial charge >= 0.3 is 0 Å². The molecule has 2 aromatic rings. The van der Waals surface area contributed by atoms with Crippen LogP contribution in [0.25, 0.3) is 0 Å². The Hall–Kier alpha value is -0.680. The Morgan fingerprint density at radius 3 is 2.29 bits per heavy atom. The largest absolute Gasteiger partial charge is 0.326 e. The average molecular weight is 412 g/mol. The van der Waals surface area contributed by atoms with E-state index in [0.717, 1.165) is 15.5 Å². The van der Waals surface area contributed by atoms with Crippen molar-refractivity contribution in [3.05, 3.63) is 68.6 Å². The maximum Gasteiger partial charge on any atom is 0.0497 e. The summed E-state index contributed by atoms with van der Waals surface area (Å²) in [6, 6.07) is 17.0. The second-order valence-electron chi connectivity index (χ2n) is 5.40. The molecule has 4 heteroatoms. The molecule has 0 saturated carbocycles. The summed E-state index contributed by atoms with van der Waals surface area (Å²) in [5.74, 6) is 0. The summed E-state index contributed by atoms with van der Waals surface area (Å²) in [5.41, 5.74) is 8.75. The van der Waals surface area contributed by atoms with Gasteiger partial charge in [-0.3, -0.25) is 4.90 Å². The van der Waals surface area contributed by atoms with Gasteiger partial charge in [0.1, 0.15) is 0 Å². The van der Waals surface area contributed by atoms with E-state index in [0.29, 0.717) is 0 Å². The van der Waals surface area contributed by atoms with Crippen LogP contribution in [0.1, 0.15) is 24.1 Å². The van der Waals surface area contributed by atoms with Gasteiger partial charge in [0.05, 0.1) is 0 Å². The molecule has 0 aliphatic carbocycles. The number of rotatable bonds is 5. The lowest BCUT2D eigenvalue weighted by Gasteiger charge is -2.31. The highest BCUT2D eigenvalue weighted by Gasteiger charge is 2.21. The van der Waals surface area contributed by atoms with Crippen LogP contribution in [0.3, 0.4) is 0 Å². The van der Waals surface area contributed by atoms with Crippen molar-refractivity contribution in [3.63, 3.8) is 0 Å². The summed E-state index contributed by atoms with van der Waals surface area (Å²) in [6.45, 7) is 2.93. The molecule has 0 fully saturated rings. The van der Waals surface area contributed by atoms with Crippen molar-refractivity contribution in [1.29, 1.82) is 0 Å². The number of hydrogen-bond donors (Lipinski definition) is 1. The molecule has 2 nitrogen and oxygen atoms in total. The summed E-state index contributed by atoms with van der Waals surface area (Å²) >= 11 is 7.01. The topological polar surface area (TPSA) is 29.3 Å². The molecule has 0 aliphatic rings. The van der Waals surface area contributed by atoms with Crippen molar-refractivity contribution in [2.24, 2.45) is 5.73 Å². The van der Waals surface area contributed by atoms with Crippen LogP contribution in [0, 0.1) is 0 Å². The lowest BCUT2D eigenvalue weighted by atomic mass is 9.99. The maximum absolute atomic E-state index is 6.23. The molecule has 0 heterocycles. The van der Waals surface area contributed by atoms with Gasteiger partial charge in [0.2, 0.25) is 0 Å². The monoisotopic (exact) mass is 410 g/mol. The molecule has 0 aliphatic heterocycles. The highest BCUT2D eigenvalue weighted by atomic mass is 79.9. The Bertz CT molecular complexity index is 582. The van der Waals surface area contributed by atoms with E-state index in [-0.39, 0.29) is 12.1 Å². The van der Waals surface area contributed by atoms with Crippen LogP contribution >= 0.6 is 31.9 Å². The maximum atomic E-state index is 6.23. The quantitative estimate of drug-likeness (QED) is 0.770. The fourth-order valence-corrected chi connectivity index (χ4v) is 3.31. The van der Waals surface area contributed by atoms with Crippen molar-refractivity contribution in [1.82, 2.24) is 4.90 Å². The first-order valence-corrected chi connectivity index (χ1v) is 8.51. The number of likely N-dealkylation sites (N-methyl/N-ethyl adjacent to an activating group) is 1. The molecule has 0 spiro atoms. The Kier molecular flexibility index (Phi) is 5.99. The average Bonchev–Trinajstić information content (AvgIpc) is 2.41. The Balaban J connectivity index is 2.19. The molecule has 21 heavy (non-hydrogen) atoms. The van der Waals surface area contributed by atoms with Gasteiger partial charge in [0.15, 0.2) is 0 Å². The van der Waals surface area contributed by atoms with Crippen LogP contribution < -0.4 is 5.73 Å². The zero-order valence-corrected chi connectivity index (χ0v) is 15.4. The van der Waals surface area contributed by atoms with E-state index in [9.17, 15) is 0 Å². The summed E-state index contributed by atoms with van der Waals surface area (Å²) < 4.78 is 2.19. The second-order valence-corrected chi connectivity index (χ2v) is 7.23. The first-order valence-electron chi connectivity index (χ1n) is 6.93. The normalized spacial score (nSPS) is 14.2. The van der Waals surface area contributed by atoms with Crippen LogP contribution in [-0.2, 0) is 6.54 Å². The number of halogens is 2. The Morgan fingerprint density at radius 2 is 1.71 bits per heavy atom. The van der Waals surface area contributed by atoms with E-state index in [4.69, 9.17) is 5.73 Å². The smallest absolute Gasteiger partial charge is 0.0497 e. The second kappa shape index (κ2) is 7.54. The Labute approximate surface area is 143 Å². The van der Waals surface area contributed by atoms with Crippen molar-refractivity contribution in [2.75, 3.05) is 7.05 Å². The number of hydrogen-bond acceptors (Lipinski definition) is 2. The van der Waals surface area contributed by atoms with Gasteiger partial charge < -0.3 is 5.73 Å². The molecule has 0 bridgehead atoms. The van der Waals surface area contributed by atoms with Crippen molar-refractivity contribution in [2.45, 2.75) is 25.6 Å². The van der Waals surface area contributed by atoms with E-state index in [2.05, 4.69) is 93.2 Å². The van der Waals surface area contributed by atoms with Crippen molar-refractivity contribution in [3.8, 4) is 0 Å². The summed E-state index contributed by atoms with van der Waals surface area (Å²) in [6.07, 6.45) is 0. The summed E-state index contributed by atoms with van der Waals surface area (Å²) in [7, 11) is 2.12. The first-order chi connectivity index (χ1) is 9.97. The summed E-state index contributed by atoms with van der Waals surface area (Å²) in [4.78, 5) is 2.30. The minimum absolute atomic E-state index is 0.0553. The molecule has 0 amide bonds. The zero-order chi connectivity index (χ0) is 15.4. The predicted octanol–water partition coefficient (Wildman–Crippen LogP) is 4.73. The lowest BCUT2D eigenvalue weighted by Crippen LogP contribution is -2.36. The summed E-state index contributed by atoms with van der Waals surface area (Å²) in [5, 5.41) is 0. The molecule has 0 saturated heterocycles. The van der Waals surface area contributed by atoms with E-state index in [1.807, 2.05) is 6.07 Å². The minimum atomic E-state index is 0.0553. The van der Waals surface area contributed by atoms with E-state index >= 15 is 0 Å². The van der Waals surface area contributed by atoms with Gasteiger partial charge in [-0.25, -0.2) is 0 Å². The van der Waals surface area contributed by atoms with Gasteiger partial charge in [0.25, 0.3) is 0 Å². The highest BCUT2D eigenvalue weighted by molar-refractivity contribution is 9.10. The standard InChI is InChI=1S/C17H20Br2N2/c1-12(20)17(14-4-3-5-16(19)10-14)21(2)11-13-6-8-15(18)9-7-13/h3-10,12,17H,11,20H2,1-2H3. The molecule has 2 aromatic carbocycles. The molecule has 0 aromatic heterocycles. The lowest BCUT2D eigenvalue weighted by molar-refractivity contribution is 0.211. The molecule has 2 N–H and O–H groups in total.